The molecule has 1 aromatic carbocycles. The molecule has 0 aromatic heterocycles. The topological polar surface area (TPSA) is 49.3 Å². The smallest absolute Gasteiger partial charge is 0.337 e. The van der Waals surface area contributed by atoms with Crippen LogP contribution in [0, 0.1) is 13.8 Å². The van der Waals surface area contributed by atoms with Gasteiger partial charge in [-0.05, 0) is 31.0 Å². The Morgan fingerprint density at radius 2 is 1.80 bits per heavy atom. The number of anilines is 1. The Hall–Kier alpha value is -1.51. The summed E-state index contributed by atoms with van der Waals surface area (Å²) in [5.74, 6) is -0.896. The first-order chi connectivity index (χ1) is 7.07. The molecule has 1 rings (SSSR count). The van der Waals surface area contributed by atoms with E-state index in [4.69, 9.17) is 5.11 Å². The largest absolute Gasteiger partial charge is 0.478 e. The Morgan fingerprint density at radius 1 is 1.27 bits per heavy atom. The summed E-state index contributed by atoms with van der Waals surface area (Å²) in [6, 6.07) is 3.44. The number of hydrogen-bond donors (Lipinski definition) is 2. The highest BCUT2D eigenvalue weighted by Crippen LogP contribution is 2.23. The number of carboxylic acid groups (broad SMARTS) is 1. The summed E-state index contributed by atoms with van der Waals surface area (Å²) in [7, 11) is 1.73. The monoisotopic (exact) mass is 209 g/mol. The summed E-state index contributed by atoms with van der Waals surface area (Å²) < 4.78 is 0. The molecule has 84 valence electrons. The highest BCUT2D eigenvalue weighted by Gasteiger charge is 2.11. The van der Waals surface area contributed by atoms with Gasteiger partial charge in [-0.25, -0.2) is 4.79 Å². The van der Waals surface area contributed by atoms with E-state index in [1.54, 1.807) is 13.1 Å². The molecule has 3 nitrogen and oxygen atoms in total. The number of hydrogen-bond acceptors (Lipinski definition) is 2. The van der Waals surface area contributed by atoms with Crippen molar-refractivity contribution in [2.45, 2.75) is 27.7 Å². The quantitative estimate of drug-likeness (QED) is 0.787. The van der Waals surface area contributed by atoms with Gasteiger partial charge in [0.25, 0.3) is 0 Å². The van der Waals surface area contributed by atoms with Gasteiger partial charge in [-0.2, -0.15) is 0 Å². The molecule has 0 saturated carbocycles. The van der Waals surface area contributed by atoms with Crippen molar-refractivity contribution in [3.05, 3.63) is 28.8 Å². The molecule has 1 aromatic rings. The molecular weight excluding hydrogens is 190 g/mol. The Balaban J connectivity index is 0.000000921. The summed E-state index contributed by atoms with van der Waals surface area (Å²) in [4.78, 5) is 10.8. The predicted octanol–water partition coefficient (Wildman–Crippen LogP) is 3.07. The lowest BCUT2D eigenvalue weighted by atomic mass is 10.0. The van der Waals surface area contributed by atoms with Crippen LogP contribution in [0.3, 0.4) is 0 Å². The van der Waals surface area contributed by atoms with Crippen molar-refractivity contribution in [1.82, 2.24) is 0 Å². The number of carboxylic acids is 1. The number of aromatic carboxylic acids is 1. The zero-order valence-corrected chi connectivity index (χ0v) is 10.0. The van der Waals surface area contributed by atoms with Crippen molar-refractivity contribution in [2.24, 2.45) is 0 Å². The van der Waals surface area contributed by atoms with E-state index >= 15 is 0 Å². The lowest BCUT2D eigenvalue weighted by Gasteiger charge is -2.10. The van der Waals surface area contributed by atoms with Crippen LogP contribution >= 0.6 is 0 Å². The number of aryl methyl sites for hydroxylation is 1. The minimum Gasteiger partial charge on any atom is -0.478 e. The van der Waals surface area contributed by atoms with E-state index in [2.05, 4.69) is 5.32 Å². The maximum atomic E-state index is 10.8. The van der Waals surface area contributed by atoms with Gasteiger partial charge in [0.1, 0.15) is 0 Å². The van der Waals surface area contributed by atoms with Crippen molar-refractivity contribution in [3.8, 4) is 0 Å². The number of benzene rings is 1. The molecule has 0 radical (unpaired) electrons. The van der Waals surface area contributed by atoms with Gasteiger partial charge in [0.05, 0.1) is 11.3 Å². The second-order valence-electron chi connectivity index (χ2n) is 2.99. The van der Waals surface area contributed by atoms with E-state index in [1.165, 1.54) is 0 Å². The molecule has 15 heavy (non-hydrogen) atoms. The molecule has 0 unspecified atom stereocenters. The van der Waals surface area contributed by atoms with Crippen molar-refractivity contribution in [3.63, 3.8) is 0 Å². The van der Waals surface area contributed by atoms with Crippen LogP contribution in [-0.4, -0.2) is 18.1 Å². The van der Waals surface area contributed by atoms with Crippen molar-refractivity contribution < 1.29 is 9.90 Å². The van der Waals surface area contributed by atoms with E-state index in [9.17, 15) is 4.79 Å². The average Bonchev–Trinajstić information content (AvgIpc) is 2.24. The Kier molecular flexibility index (Phi) is 5.45. The Bertz CT molecular complexity index is 346. The molecule has 0 saturated heterocycles. The van der Waals surface area contributed by atoms with Gasteiger partial charge in [0.15, 0.2) is 0 Å². The summed E-state index contributed by atoms with van der Waals surface area (Å²) in [6.07, 6.45) is 0. The molecule has 0 fully saturated rings. The van der Waals surface area contributed by atoms with Gasteiger partial charge in [-0.15, -0.1) is 0 Å². The lowest BCUT2D eigenvalue weighted by Crippen LogP contribution is -2.05. The fourth-order valence-corrected chi connectivity index (χ4v) is 1.32. The first kappa shape index (κ1) is 13.5. The van der Waals surface area contributed by atoms with Crippen LogP contribution in [0.1, 0.15) is 35.3 Å². The molecular formula is C12H19NO2. The summed E-state index contributed by atoms with van der Waals surface area (Å²) in [6.45, 7) is 7.87. The summed E-state index contributed by atoms with van der Waals surface area (Å²) in [5.41, 5.74) is 3.11. The number of rotatable bonds is 2. The SMILES string of the molecule is CC.CNc1c(C(=O)O)ccc(C)c1C. The van der Waals surface area contributed by atoms with Crippen LogP contribution in [0.15, 0.2) is 12.1 Å². The molecule has 0 amide bonds. The molecule has 2 N–H and O–H groups in total. The standard InChI is InChI=1S/C10H13NO2.C2H6/c1-6-4-5-8(10(12)13)9(11-3)7(6)2;1-2/h4-5,11H,1-3H3,(H,12,13);1-2H3. The normalized spacial score (nSPS) is 8.87. The second kappa shape index (κ2) is 6.06. The third kappa shape index (κ3) is 2.98. The molecule has 0 aliphatic carbocycles. The second-order valence-corrected chi connectivity index (χ2v) is 2.99. The van der Waals surface area contributed by atoms with Gasteiger partial charge in [0.2, 0.25) is 0 Å². The molecule has 0 bridgehead atoms. The van der Waals surface area contributed by atoms with E-state index in [0.717, 1.165) is 11.1 Å². The van der Waals surface area contributed by atoms with E-state index in [-0.39, 0.29) is 0 Å². The fourth-order valence-electron chi connectivity index (χ4n) is 1.32. The summed E-state index contributed by atoms with van der Waals surface area (Å²) >= 11 is 0. The van der Waals surface area contributed by atoms with Crippen LogP contribution in [0.25, 0.3) is 0 Å². The zero-order valence-electron chi connectivity index (χ0n) is 10.0. The third-order valence-corrected chi connectivity index (χ3v) is 2.22. The van der Waals surface area contributed by atoms with Gasteiger partial charge in [-0.3, -0.25) is 0 Å². The van der Waals surface area contributed by atoms with Crippen molar-refractivity contribution in [2.75, 3.05) is 12.4 Å². The van der Waals surface area contributed by atoms with Gasteiger partial charge in [0, 0.05) is 7.05 Å². The average molecular weight is 209 g/mol. The van der Waals surface area contributed by atoms with Crippen LogP contribution < -0.4 is 5.32 Å². The van der Waals surface area contributed by atoms with Gasteiger partial charge < -0.3 is 10.4 Å². The molecule has 3 heteroatoms. The molecule has 0 aliphatic rings. The Morgan fingerprint density at radius 3 is 2.20 bits per heavy atom. The number of carbonyl (C=O) groups is 1. The minimum absolute atomic E-state index is 0.325. The lowest BCUT2D eigenvalue weighted by molar-refractivity contribution is 0.0698. The highest BCUT2D eigenvalue weighted by molar-refractivity contribution is 5.95. The maximum absolute atomic E-state index is 10.8. The first-order valence-electron chi connectivity index (χ1n) is 5.09. The zero-order chi connectivity index (χ0) is 12.0. The van der Waals surface area contributed by atoms with Gasteiger partial charge in [-0.1, -0.05) is 19.9 Å². The fraction of sp³-hybridized carbons (Fsp3) is 0.417. The highest BCUT2D eigenvalue weighted by atomic mass is 16.4. The molecule has 0 atom stereocenters. The van der Waals surface area contributed by atoms with Gasteiger partial charge >= 0.3 is 5.97 Å². The predicted molar refractivity (Wildman–Crippen MR) is 63.8 cm³/mol. The van der Waals surface area contributed by atoms with Crippen molar-refractivity contribution >= 4 is 11.7 Å². The number of nitrogens with one attached hydrogen (secondary N) is 1. The summed E-state index contributed by atoms with van der Waals surface area (Å²) in [5, 5.41) is 11.8. The van der Waals surface area contributed by atoms with Crippen LogP contribution in [0.2, 0.25) is 0 Å². The van der Waals surface area contributed by atoms with E-state index in [1.807, 2.05) is 33.8 Å². The third-order valence-electron chi connectivity index (χ3n) is 2.22. The minimum atomic E-state index is -0.896. The van der Waals surface area contributed by atoms with Crippen LogP contribution in [-0.2, 0) is 0 Å². The van der Waals surface area contributed by atoms with E-state index < -0.39 is 5.97 Å². The molecule has 0 spiro atoms. The maximum Gasteiger partial charge on any atom is 0.337 e. The molecule has 0 aliphatic heterocycles. The van der Waals surface area contributed by atoms with Crippen LogP contribution in [0.4, 0.5) is 5.69 Å². The Labute approximate surface area is 91.1 Å². The molecule has 0 heterocycles. The van der Waals surface area contributed by atoms with E-state index in [0.29, 0.717) is 11.3 Å². The van der Waals surface area contributed by atoms with Crippen molar-refractivity contribution in [1.29, 1.82) is 0 Å². The first-order valence-corrected chi connectivity index (χ1v) is 5.09. The van der Waals surface area contributed by atoms with Crippen LogP contribution in [0.5, 0.6) is 0 Å².